The summed E-state index contributed by atoms with van der Waals surface area (Å²) in [5.41, 5.74) is 2.00. The summed E-state index contributed by atoms with van der Waals surface area (Å²) in [7, 11) is 0. The van der Waals surface area contributed by atoms with Crippen molar-refractivity contribution in [2.75, 3.05) is 0 Å². The topological polar surface area (TPSA) is 49.4 Å². The van der Waals surface area contributed by atoms with Gasteiger partial charge in [-0.15, -0.1) is 0 Å². The van der Waals surface area contributed by atoms with Crippen molar-refractivity contribution < 1.29 is 9.59 Å². The lowest BCUT2D eigenvalue weighted by atomic mass is 10.1. The number of carbonyl (C=O) groups excluding carboxylic acids is 2. The van der Waals surface area contributed by atoms with E-state index in [9.17, 15) is 9.59 Å². The van der Waals surface area contributed by atoms with E-state index in [0.29, 0.717) is 11.3 Å². The second-order valence-electron chi connectivity index (χ2n) is 5.01. The summed E-state index contributed by atoms with van der Waals surface area (Å²) in [5.74, 6) is -0.329. The van der Waals surface area contributed by atoms with Gasteiger partial charge in [0.1, 0.15) is 6.04 Å². The number of benzene rings is 1. The maximum absolute atomic E-state index is 12.3. The fraction of sp³-hybridized carbons (Fsp3) is 0.333. The Morgan fingerprint density at radius 2 is 1.79 bits per heavy atom. The Labute approximate surface area is 113 Å². The Bertz CT molecular complexity index is 514. The van der Waals surface area contributed by atoms with E-state index in [0.717, 1.165) is 5.56 Å². The molecule has 1 unspecified atom stereocenters. The van der Waals surface area contributed by atoms with Crippen LogP contribution in [0.1, 0.15) is 36.7 Å². The lowest BCUT2D eigenvalue weighted by Crippen LogP contribution is -2.46. The third-order valence-electron chi connectivity index (χ3n) is 3.18. The van der Waals surface area contributed by atoms with Gasteiger partial charge in [0.15, 0.2) is 0 Å². The third kappa shape index (κ3) is 2.26. The smallest absolute Gasteiger partial charge is 0.259 e. The lowest BCUT2D eigenvalue weighted by Gasteiger charge is -2.25. The van der Waals surface area contributed by atoms with Gasteiger partial charge < -0.3 is 5.32 Å². The minimum absolute atomic E-state index is 0.0447. The van der Waals surface area contributed by atoms with E-state index in [2.05, 4.69) is 11.9 Å². The Morgan fingerprint density at radius 3 is 2.32 bits per heavy atom. The van der Waals surface area contributed by atoms with E-state index in [1.807, 2.05) is 32.0 Å². The monoisotopic (exact) mass is 258 g/mol. The summed E-state index contributed by atoms with van der Waals surface area (Å²) >= 11 is 0. The fourth-order valence-corrected chi connectivity index (χ4v) is 2.24. The molecular weight excluding hydrogens is 240 g/mol. The molecule has 0 bridgehead atoms. The van der Waals surface area contributed by atoms with Gasteiger partial charge in [0.05, 0.1) is 0 Å². The zero-order valence-electron chi connectivity index (χ0n) is 11.4. The summed E-state index contributed by atoms with van der Waals surface area (Å²) < 4.78 is 0. The molecule has 2 amide bonds. The first-order valence-electron chi connectivity index (χ1n) is 6.35. The fourth-order valence-electron chi connectivity index (χ4n) is 2.24. The number of hydrogen-bond donors (Lipinski definition) is 1. The molecule has 0 aromatic heterocycles. The van der Waals surface area contributed by atoms with Gasteiger partial charge in [0.2, 0.25) is 5.91 Å². The number of nitrogens with zero attached hydrogens (tertiary/aromatic N) is 1. The first kappa shape index (κ1) is 13.3. The molecule has 19 heavy (non-hydrogen) atoms. The van der Waals surface area contributed by atoms with Gasteiger partial charge in [-0.05, 0) is 26.8 Å². The Balaban J connectivity index is 2.27. The van der Waals surface area contributed by atoms with Crippen LogP contribution in [-0.4, -0.2) is 28.8 Å². The van der Waals surface area contributed by atoms with E-state index in [1.165, 1.54) is 4.90 Å². The minimum Gasteiger partial charge on any atom is -0.352 e. The summed E-state index contributed by atoms with van der Waals surface area (Å²) in [6, 6.07) is 6.77. The van der Waals surface area contributed by atoms with Crippen molar-refractivity contribution in [3.8, 4) is 0 Å². The molecule has 0 spiro atoms. The quantitative estimate of drug-likeness (QED) is 0.901. The molecule has 100 valence electrons. The molecule has 0 radical (unpaired) electrons. The van der Waals surface area contributed by atoms with Gasteiger partial charge in [0, 0.05) is 22.9 Å². The number of carbonyl (C=O) groups is 2. The van der Waals surface area contributed by atoms with Crippen molar-refractivity contribution in [3.63, 3.8) is 0 Å². The van der Waals surface area contributed by atoms with Gasteiger partial charge in [0.25, 0.3) is 5.91 Å². The Morgan fingerprint density at radius 1 is 1.21 bits per heavy atom. The second-order valence-corrected chi connectivity index (χ2v) is 5.01. The van der Waals surface area contributed by atoms with Gasteiger partial charge >= 0.3 is 0 Å². The van der Waals surface area contributed by atoms with Crippen molar-refractivity contribution >= 4 is 17.5 Å². The van der Waals surface area contributed by atoms with Gasteiger partial charge in [-0.1, -0.05) is 24.8 Å². The van der Waals surface area contributed by atoms with Crippen LogP contribution in [0.25, 0.3) is 5.70 Å². The number of amides is 2. The first-order chi connectivity index (χ1) is 8.93. The minimum atomic E-state index is -0.560. The molecule has 4 nitrogen and oxygen atoms in total. The predicted molar refractivity (Wildman–Crippen MR) is 74.4 cm³/mol. The zero-order valence-corrected chi connectivity index (χ0v) is 11.4. The predicted octanol–water partition coefficient (Wildman–Crippen LogP) is 2.03. The van der Waals surface area contributed by atoms with Crippen molar-refractivity contribution in [1.29, 1.82) is 0 Å². The highest BCUT2D eigenvalue weighted by Gasteiger charge is 2.36. The third-order valence-corrected chi connectivity index (χ3v) is 3.18. The van der Waals surface area contributed by atoms with Crippen LogP contribution in [0.15, 0.2) is 30.8 Å². The lowest BCUT2D eigenvalue weighted by molar-refractivity contribution is -0.124. The normalized spacial score (nSPS) is 15.7. The van der Waals surface area contributed by atoms with Crippen LogP contribution >= 0.6 is 0 Å². The maximum Gasteiger partial charge on any atom is 0.259 e. The molecular formula is C15H18N2O2. The average molecular weight is 258 g/mol. The molecule has 1 N–H and O–H groups in total. The van der Waals surface area contributed by atoms with Gasteiger partial charge in [-0.25, -0.2) is 0 Å². The molecule has 0 saturated heterocycles. The van der Waals surface area contributed by atoms with E-state index < -0.39 is 6.04 Å². The van der Waals surface area contributed by atoms with Crippen molar-refractivity contribution in [2.24, 2.45) is 0 Å². The van der Waals surface area contributed by atoms with Crippen LogP contribution in [0.3, 0.4) is 0 Å². The second kappa shape index (κ2) is 4.88. The van der Waals surface area contributed by atoms with Gasteiger partial charge in [-0.3, -0.25) is 14.5 Å². The molecule has 1 heterocycles. The Kier molecular flexibility index (Phi) is 3.42. The molecule has 0 fully saturated rings. The van der Waals surface area contributed by atoms with E-state index in [4.69, 9.17) is 0 Å². The van der Waals surface area contributed by atoms with Crippen molar-refractivity contribution in [3.05, 3.63) is 42.0 Å². The average Bonchev–Trinajstić information content (AvgIpc) is 2.61. The molecule has 1 aromatic rings. The molecule has 1 aliphatic rings. The molecule has 0 aliphatic carbocycles. The standard InChI is InChI=1S/C15H18N2O2/c1-9(2)16-14(18)11(4)17-10(3)12-7-5-6-8-13(12)15(17)19/h5-9,11H,3H2,1-2,4H3,(H,16,18). The summed E-state index contributed by atoms with van der Waals surface area (Å²) in [6.07, 6.45) is 0. The molecule has 1 aromatic carbocycles. The van der Waals surface area contributed by atoms with Crippen LogP contribution in [0, 0.1) is 0 Å². The Hall–Kier alpha value is -2.10. The zero-order chi connectivity index (χ0) is 14.2. The first-order valence-corrected chi connectivity index (χ1v) is 6.35. The van der Waals surface area contributed by atoms with Crippen LogP contribution in [0.2, 0.25) is 0 Å². The molecule has 4 heteroatoms. The number of hydrogen-bond acceptors (Lipinski definition) is 2. The van der Waals surface area contributed by atoms with E-state index in [-0.39, 0.29) is 17.9 Å². The summed E-state index contributed by atoms with van der Waals surface area (Å²) in [6.45, 7) is 9.43. The maximum atomic E-state index is 12.3. The van der Waals surface area contributed by atoms with Crippen LogP contribution in [0.5, 0.6) is 0 Å². The summed E-state index contributed by atoms with van der Waals surface area (Å²) in [5, 5.41) is 2.81. The van der Waals surface area contributed by atoms with E-state index in [1.54, 1.807) is 13.0 Å². The number of fused-ring (bicyclic) bond motifs is 1. The highest BCUT2D eigenvalue weighted by atomic mass is 16.2. The molecule has 2 rings (SSSR count). The highest BCUT2D eigenvalue weighted by Crippen LogP contribution is 2.32. The molecule has 0 saturated carbocycles. The van der Waals surface area contributed by atoms with Crippen molar-refractivity contribution in [2.45, 2.75) is 32.9 Å². The van der Waals surface area contributed by atoms with E-state index >= 15 is 0 Å². The van der Waals surface area contributed by atoms with Crippen LogP contribution < -0.4 is 5.32 Å². The van der Waals surface area contributed by atoms with Crippen LogP contribution in [-0.2, 0) is 4.79 Å². The largest absolute Gasteiger partial charge is 0.352 e. The van der Waals surface area contributed by atoms with Crippen molar-refractivity contribution in [1.82, 2.24) is 10.2 Å². The molecule has 1 aliphatic heterocycles. The van der Waals surface area contributed by atoms with Gasteiger partial charge in [-0.2, -0.15) is 0 Å². The highest BCUT2D eigenvalue weighted by molar-refractivity contribution is 6.10. The SMILES string of the molecule is C=C1c2ccccc2C(=O)N1C(C)C(=O)NC(C)C. The number of rotatable bonds is 3. The number of nitrogens with one attached hydrogen (secondary N) is 1. The van der Waals surface area contributed by atoms with Crippen LogP contribution in [0.4, 0.5) is 0 Å². The summed E-state index contributed by atoms with van der Waals surface area (Å²) in [4.78, 5) is 25.8. The molecule has 1 atom stereocenters.